The van der Waals surface area contributed by atoms with Crippen LogP contribution in [-0.4, -0.2) is 18.1 Å². The number of aromatic nitrogens is 1. The van der Waals surface area contributed by atoms with E-state index >= 15 is 0 Å². The summed E-state index contributed by atoms with van der Waals surface area (Å²) in [5, 5.41) is 3.51. The predicted octanol–water partition coefficient (Wildman–Crippen LogP) is 2.50. The predicted molar refractivity (Wildman–Crippen MR) is 65.5 cm³/mol. The highest BCUT2D eigenvalue weighted by molar-refractivity contribution is 5.28. The van der Waals surface area contributed by atoms with Gasteiger partial charge >= 0.3 is 0 Å². The first kappa shape index (κ1) is 10.3. The first-order valence-electron chi connectivity index (χ1n) is 6.58. The van der Waals surface area contributed by atoms with Crippen molar-refractivity contribution in [3.05, 3.63) is 29.6 Å². The van der Waals surface area contributed by atoms with Gasteiger partial charge < -0.3 is 5.32 Å². The number of nitrogens with zero attached hydrogens (tertiary/aromatic N) is 1. The van der Waals surface area contributed by atoms with Gasteiger partial charge in [-0.2, -0.15) is 0 Å². The Morgan fingerprint density at radius 3 is 3.25 bits per heavy atom. The maximum atomic E-state index is 4.59. The Morgan fingerprint density at radius 2 is 2.38 bits per heavy atom. The molecule has 0 radical (unpaired) electrons. The lowest BCUT2D eigenvalue weighted by molar-refractivity contribution is 0.332. The molecule has 2 aliphatic rings. The van der Waals surface area contributed by atoms with E-state index in [9.17, 15) is 0 Å². The fourth-order valence-electron chi connectivity index (χ4n) is 3.25. The molecule has 2 unspecified atom stereocenters. The first-order valence-corrected chi connectivity index (χ1v) is 6.58. The van der Waals surface area contributed by atoms with Crippen LogP contribution in [0.15, 0.2) is 18.3 Å². The van der Waals surface area contributed by atoms with Crippen molar-refractivity contribution in [3.8, 4) is 0 Å². The van der Waals surface area contributed by atoms with Crippen LogP contribution in [-0.2, 0) is 6.42 Å². The van der Waals surface area contributed by atoms with Crippen molar-refractivity contribution in [1.82, 2.24) is 10.3 Å². The monoisotopic (exact) mass is 216 g/mol. The Bertz CT molecular complexity index is 356. The average molecular weight is 216 g/mol. The molecule has 0 saturated carbocycles. The van der Waals surface area contributed by atoms with Crippen LogP contribution in [0.5, 0.6) is 0 Å². The molecule has 86 valence electrons. The van der Waals surface area contributed by atoms with Crippen LogP contribution in [0.25, 0.3) is 0 Å². The van der Waals surface area contributed by atoms with Crippen molar-refractivity contribution in [2.45, 2.75) is 38.0 Å². The van der Waals surface area contributed by atoms with E-state index in [1.807, 2.05) is 6.20 Å². The van der Waals surface area contributed by atoms with Gasteiger partial charge in [0.25, 0.3) is 0 Å². The lowest BCUT2D eigenvalue weighted by Crippen LogP contribution is -2.30. The van der Waals surface area contributed by atoms with Crippen molar-refractivity contribution in [1.29, 1.82) is 0 Å². The largest absolute Gasteiger partial charge is 0.316 e. The number of fused-ring (bicyclic) bond motifs is 1. The van der Waals surface area contributed by atoms with Gasteiger partial charge in [0, 0.05) is 17.8 Å². The van der Waals surface area contributed by atoms with Crippen molar-refractivity contribution in [3.63, 3.8) is 0 Å². The molecule has 1 N–H and O–H groups in total. The second-order valence-electron chi connectivity index (χ2n) is 5.23. The fourth-order valence-corrected chi connectivity index (χ4v) is 3.25. The summed E-state index contributed by atoms with van der Waals surface area (Å²) in [4.78, 5) is 4.59. The van der Waals surface area contributed by atoms with Crippen LogP contribution in [0.1, 0.15) is 42.9 Å². The maximum absolute atomic E-state index is 4.59. The van der Waals surface area contributed by atoms with E-state index in [4.69, 9.17) is 0 Å². The average Bonchev–Trinajstić information content (AvgIpc) is 2.74. The van der Waals surface area contributed by atoms with Crippen LogP contribution in [0.4, 0.5) is 0 Å². The summed E-state index contributed by atoms with van der Waals surface area (Å²) in [6.07, 6.45) is 8.63. The number of nitrogens with one attached hydrogen (secondary N) is 1. The molecule has 1 aliphatic carbocycles. The minimum atomic E-state index is 0.737. The van der Waals surface area contributed by atoms with Gasteiger partial charge in [-0.15, -0.1) is 0 Å². The highest BCUT2D eigenvalue weighted by Gasteiger charge is 2.26. The van der Waals surface area contributed by atoms with Crippen LogP contribution in [0.3, 0.4) is 0 Å². The Labute approximate surface area is 97.5 Å². The van der Waals surface area contributed by atoms with Gasteiger partial charge in [0.15, 0.2) is 0 Å². The number of pyridine rings is 1. The standard InChI is InChI=1S/C14H20N2/c1-3-11(10-15-7-1)9-13-6-5-12-4-2-8-16-14(12)13/h2,4,8,11,13,15H,1,3,5-7,9-10H2. The van der Waals surface area contributed by atoms with Gasteiger partial charge in [0.1, 0.15) is 0 Å². The SMILES string of the molecule is c1cnc2c(c1)CCC2CC1CCCNC1. The summed E-state index contributed by atoms with van der Waals surface area (Å²) in [6, 6.07) is 4.32. The zero-order valence-corrected chi connectivity index (χ0v) is 9.78. The van der Waals surface area contributed by atoms with E-state index in [-0.39, 0.29) is 0 Å². The minimum absolute atomic E-state index is 0.737. The smallest absolute Gasteiger partial charge is 0.0466 e. The molecule has 0 aromatic carbocycles. The van der Waals surface area contributed by atoms with E-state index < -0.39 is 0 Å². The Hall–Kier alpha value is -0.890. The minimum Gasteiger partial charge on any atom is -0.316 e. The molecule has 1 aliphatic heterocycles. The molecule has 3 rings (SSSR count). The molecule has 1 fully saturated rings. The van der Waals surface area contributed by atoms with E-state index in [2.05, 4.69) is 22.4 Å². The lowest BCUT2D eigenvalue weighted by atomic mass is 9.88. The van der Waals surface area contributed by atoms with Crippen molar-refractivity contribution in [2.24, 2.45) is 5.92 Å². The summed E-state index contributed by atoms with van der Waals surface area (Å²) in [5.41, 5.74) is 2.89. The second kappa shape index (κ2) is 4.54. The van der Waals surface area contributed by atoms with Crippen LogP contribution >= 0.6 is 0 Å². The molecule has 0 amide bonds. The molecular formula is C14H20N2. The van der Waals surface area contributed by atoms with Gasteiger partial charge in [-0.1, -0.05) is 6.07 Å². The number of rotatable bonds is 2. The quantitative estimate of drug-likeness (QED) is 0.821. The summed E-state index contributed by atoms with van der Waals surface area (Å²) in [6.45, 7) is 2.44. The third-order valence-corrected chi connectivity index (χ3v) is 4.09. The summed E-state index contributed by atoms with van der Waals surface area (Å²) < 4.78 is 0. The zero-order chi connectivity index (χ0) is 10.8. The van der Waals surface area contributed by atoms with E-state index in [1.165, 1.54) is 56.5 Å². The molecule has 16 heavy (non-hydrogen) atoms. The molecule has 0 bridgehead atoms. The normalized spacial score (nSPS) is 29.0. The van der Waals surface area contributed by atoms with Crippen LogP contribution in [0, 0.1) is 5.92 Å². The van der Waals surface area contributed by atoms with Crippen LogP contribution in [0.2, 0.25) is 0 Å². The van der Waals surface area contributed by atoms with E-state index in [0.29, 0.717) is 0 Å². The molecule has 1 saturated heterocycles. The number of hydrogen-bond acceptors (Lipinski definition) is 2. The molecule has 2 heteroatoms. The van der Waals surface area contributed by atoms with Gasteiger partial charge in [-0.3, -0.25) is 4.98 Å². The third-order valence-electron chi connectivity index (χ3n) is 4.09. The number of hydrogen-bond donors (Lipinski definition) is 1. The highest BCUT2D eigenvalue weighted by atomic mass is 14.9. The van der Waals surface area contributed by atoms with Gasteiger partial charge in [0.05, 0.1) is 0 Å². The molecule has 1 aromatic rings. The molecule has 2 heterocycles. The van der Waals surface area contributed by atoms with Crippen LogP contribution < -0.4 is 5.32 Å². The molecule has 1 aromatic heterocycles. The number of aryl methyl sites for hydroxylation is 1. The van der Waals surface area contributed by atoms with Crippen molar-refractivity contribution < 1.29 is 0 Å². The second-order valence-corrected chi connectivity index (χ2v) is 5.23. The van der Waals surface area contributed by atoms with Gasteiger partial charge in [0.2, 0.25) is 0 Å². The third kappa shape index (κ3) is 1.99. The molecule has 2 nitrogen and oxygen atoms in total. The van der Waals surface area contributed by atoms with Gasteiger partial charge in [-0.25, -0.2) is 0 Å². The first-order chi connectivity index (χ1) is 7.93. The summed E-state index contributed by atoms with van der Waals surface area (Å²) in [5.74, 6) is 1.62. The lowest BCUT2D eigenvalue weighted by Gasteiger charge is -2.25. The highest BCUT2D eigenvalue weighted by Crippen LogP contribution is 2.36. The Kier molecular flexibility index (Phi) is 2.92. The summed E-state index contributed by atoms with van der Waals surface area (Å²) in [7, 11) is 0. The fraction of sp³-hybridized carbons (Fsp3) is 0.643. The topological polar surface area (TPSA) is 24.9 Å². The summed E-state index contributed by atoms with van der Waals surface area (Å²) >= 11 is 0. The molecule has 2 atom stereocenters. The van der Waals surface area contributed by atoms with Gasteiger partial charge in [-0.05, 0) is 62.7 Å². The zero-order valence-electron chi connectivity index (χ0n) is 9.78. The van der Waals surface area contributed by atoms with E-state index in [0.717, 1.165) is 11.8 Å². The van der Waals surface area contributed by atoms with E-state index in [1.54, 1.807) is 0 Å². The Morgan fingerprint density at radius 1 is 1.38 bits per heavy atom. The van der Waals surface area contributed by atoms with Crippen molar-refractivity contribution >= 4 is 0 Å². The molecular weight excluding hydrogens is 196 g/mol. The maximum Gasteiger partial charge on any atom is 0.0466 e. The Balaban J connectivity index is 1.68. The molecule has 0 spiro atoms. The van der Waals surface area contributed by atoms with Crippen molar-refractivity contribution in [2.75, 3.05) is 13.1 Å². The number of piperidine rings is 1.